The maximum absolute atomic E-state index is 5.81. The van der Waals surface area contributed by atoms with Crippen molar-refractivity contribution in [3.05, 3.63) is 35.5 Å². The molecule has 4 heteroatoms. The molecule has 0 unspecified atom stereocenters. The maximum Gasteiger partial charge on any atom is 0.170 e. The van der Waals surface area contributed by atoms with Gasteiger partial charge in [0.2, 0.25) is 0 Å². The van der Waals surface area contributed by atoms with E-state index in [1.54, 1.807) is 6.26 Å². The first-order valence-electron chi connectivity index (χ1n) is 5.92. The summed E-state index contributed by atoms with van der Waals surface area (Å²) >= 11 is 0. The highest BCUT2D eigenvalue weighted by atomic mass is 16.5. The zero-order valence-electron chi connectivity index (χ0n) is 10.3. The Morgan fingerprint density at radius 3 is 2.82 bits per heavy atom. The largest absolute Gasteiger partial charge is 0.469 e. The van der Waals surface area contributed by atoms with Crippen LogP contribution in [0.2, 0.25) is 0 Å². The van der Waals surface area contributed by atoms with Gasteiger partial charge in [0.15, 0.2) is 5.82 Å². The number of aryl methyl sites for hydroxylation is 2. The fourth-order valence-electron chi connectivity index (χ4n) is 1.87. The molecular weight excluding hydrogens is 216 g/mol. The van der Waals surface area contributed by atoms with E-state index in [1.165, 1.54) is 0 Å². The third-order valence-electron chi connectivity index (χ3n) is 2.69. The molecule has 2 aromatic heterocycles. The predicted octanol–water partition coefficient (Wildman–Crippen LogP) is 2.83. The number of anilines is 1. The van der Waals surface area contributed by atoms with Gasteiger partial charge in [-0.25, -0.2) is 0 Å². The summed E-state index contributed by atoms with van der Waals surface area (Å²) in [6, 6.07) is 3.85. The van der Waals surface area contributed by atoms with E-state index in [1.807, 2.05) is 12.1 Å². The SMILES string of the molecule is CC(C)Cc1c(N)noc1CCc1ccco1. The van der Waals surface area contributed by atoms with Gasteiger partial charge < -0.3 is 14.7 Å². The first-order chi connectivity index (χ1) is 8.16. The molecule has 0 saturated heterocycles. The molecule has 92 valence electrons. The van der Waals surface area contributed by atoms with Crippen LogP contribution in [0.25, 0.3) is 0 Å². The van der Waals surface area contributed by atoms with Crippen LogP contribution in [0.5, 0.6) is 0 Å². The average Bonchev–Trinajstić information content (AvgIpc) is 2.88. The lowest BCUT2D eigenvalue weighted by Crippen LogP contribution is -2.01. The highest BCUT2D eigenvalue weighted by Gasteiger charge is 2.15. The van der Waals surface area contributed by atoms with E-state index in [0.717, 1.165) is 36.3 Å². The molecule has 0 spiro atoms. The van der Waals surface area contributed by atoms with Crippen molar-refractivity contribution in [1.82, 2.24) is 5.16 Å². The summed E-state index contributed by atoms with van der Waals surface area (Å²) in [7, 11) is 0. The van der Waals surface area contributed by atoms with Gasteiger partial charge in [-0.3, -0.25) is 0 Å². The molecule has 0 atom stereocenters. The topological polar surface area (TPSA) is 65.2 Å². The van der Waals surface area contributed by atoms with Gasteiger partial charge in [-0.2, -0.15) is 0 Å². The van der Waals surface area contributed by atoms with Crippen molar-refractivity contribution in [3.63, 3.8) is 0 Å². The number of nitrogens with two attached hydrogens (primary N) is 1. The van der Waals surface area contributed by atoms with Crippen LogP contribution in [-0.2, 0) is 19.3 Å². The van der Waals surface area contributed by atoms with Crippen molar-refractivity contribution in [2.75, 3.05) is 5.73 Å². The van der Waals surface area contributed by atoms with Crippen molar-refractivity contribution < 1.29 is 8.94 Å². The molecule has 2 rings (SSSR count). The van der Waals surface area contributed by atoms with E-state index < -0.39 is 0 Å². The molecule has 0 aromatic carbocycles. The standard InChI is InChI=1S/C13H18N2O2/c1-9(2)8-11-12(17-15-13(11)14)6-5-10-4-3-7-16-10/h3-4,7,9H,5-6,8H2,1-2H3,(H2,14,15). The molecule has 17 heavy (non-hydrogen) atoms. The minimum atomic E-state index is 0.521. The monoisotopic (exact) mass is 234 g/mol. The lowest BCUT2D eigenvalue weighted by atomic mass is 10.0. The highest BCUT2D eigenvalue weighted by molar-refractivity contribution is 5.40. The molecule has 2 aromatic rings. The molecule has 0 saturated carbocycles. The Morgan fingerprint density at radius 2 is 2.18 bits per heavy atom. The van der Waals surface area contributed by atoms with E-state index in [9.17, 15) is 0 Å². The summed E-state index contributed by atoms with van der Waals surface area (Å²) in [5.41, 5.74) is 6.86. The van der Waals surface area contributed by atoms with Crippen LogP contribution in [0, 0.1) is 5.92 Å². The van der Waals surface area contributed by atoms with Gasteiger partial charge in [-0.05, 0) is 24.5 Å². The zero-order chi connectivity index (χ0) is 12.3. The van der Waals surface area contributed by atoms with Crippen LogP contribution >= 0.6 is 0 Å². The van der Waals surface area contributed by atoms with Gasteiger partial charge in [-0.1, -0.05) is 19.0 Å². The molecule has 0 aliphatic rings. The Kier molecular flexibility index (Phi) is 3.52. The van der Waals surface area contributed by atoms with E-state index in [4.69, 9.17) is 14.7 Å². The van der Waals surface area contributed by atoms with Gasteiger partial charge >= 0.3 is 0 Å². The molecule has 0 aliphatic heterocycles. The molecule has 2 N–H and O–H groups in total. The highest BCUT2D eigenvalue weighted by Crippen LogP contribution is 2.21. The molecule has 0 radical (unpaired) electrons. The lowest BCUT2D eigenvalue weighted by molar-refractivity contribution is 0.378. The summed E-state index contributed by atoms with van der Waals surface area (Å²) in [5.74, 6) is 2.90. The molecule has 0 aliphatic carbocycles. The molecule has 2 heterocycles. The second kappa shape index (κ2) is 5.08. The third-order valence-corrected chi connectivity index (χ3v) is 2.69. The zero-order valence-corrected chi connectivity index (χ0v) is 10.3. The number of nitrogens with zero attached hydrogens (tertiary/aromatic N) is 1. The van der Waals surface area contributed by atoms with Gasteiger partial charge in [0, 0.05) is 18.4 Å². The van der Waals surface area contributed by atoms with Crippen LogP contribution < -0.4 is 5.73 Å². The number of hydrogen-bond acceptors (Lipinski definition) is 4. The fraction of sp³-hybridized carbons (Fsp3) is 0.462. The normalized spacial score (nSPS) is 11.2. The summed E-state index contributed by atoms with van der Waals surface area (Å²) in [6.45, 7) is 4.31. The number of aromatic nitrogens is 1. The van der Waals surface area contributed by atoms with Crippen LogP contribution in [0.4, 0.5) is 5.82 Å². The number of furan rings is 1. The van der Waals surface area contributed by atoms with Crippen LogP contribution in [0.3, 0.4) is 0 Å². The second-order valence-corrected chi connectivity index (χ2v) is 4.65. The van der Waals surface area contributed by atoms with Crippen LogP contribution in [-0.4, -0.2) is 5.16 Å². The minimum absolute atomic E-state index is 0.521. The summed E-state index contributed by atoms with van der Waals surface area (Å²) in [6.07, 6.45) is 4.18. The molecule has 4 nitrogen and oxygen atoms in total. The molecule has 0 amide bonds. The summed E-state index contributed by atoms with van der Waals surface area (Å²) in [5, 5.41) is 3.84. The van der Waals surface area contributed by atoms with Crippen molar-refractivity contribution >= 4 is 5.82 Å². The number of rotatable bonds is 5. The van der Waals surface area contributed by atoms with Crippen molar-refractivity contribution in [2.24, 2.45) is 5.92 Å². The molecular formula is C13H18N2O2. The number of hydrogen-bond donors (Lipinski definition) is 1. The quantitative estimate of drug-likeness (QED) is 0.863. The van der Waals surface area contributed by atoms with Crippen molar-refractivity contribution in [1.29, 1.82) is 0 Å². The Balaban J connectivity index is 2.05. The van der Waals surface area contributed by atoms with Gasteiger partial charge in [-0.15, -0.1) is 0 Å². The van der Waals surface area contributed by atoms with Crippen LogP contribution in [0.15, 0.2) is 27.3 Å². The van der Waals surface area contributed by atoms with E-state index in [0.29, 0.717) is 11.7 Å². The smallest absolute Gasteiger partial charge is 0.170 e. The van der Waals surface area contributed by atoms with Crippen molar-refractivity contribution in [3.8, 4) is 0 Å². The van der Waals surface area contributed by atoms with E-state index in [2.05, 4.69) is 19.0 Å². The Bertz CT molecular complexity index is 458. The van der Waals surface area contributed by atoms with Gasteiger partial charge in [0.05, 0.1) is 6.26 Å². The van der Waals surface area contributed by atoms with Crippen molar-refractivity contribution in [2.45, 2.75) is 33.1 Å². The first-order valence-corrected chi connectivity index (χ1v) is 5.92. The van der Waals surface area contributed by atoms with Gasteiger partial charge in [0.1, 0.15) is 11.5 Å². The van der Waals surface area contributed by atoms with Gasteiger partial charge in [0.25, 0.3) is 0 Å². The fourth-order valence-corrected chi connectivity index (χ4v) is 1.87. The first kappa shape index (κ1) is 11.8. The Labute approximate surface area is 101 Å². The summed E-state index contributed by atoms with van der Waals surface area (Å²) in [4.78, 5) is 0. The minimum Gasteiger partial charge on any atom is -0.469 e. The summed E-state index contributed by atoms with van der Waals surface area (Å²) < 4.78 is 10.6. The lowest BCUT2D eigenvalue weighted by Gasteiger charge is -2.04. The van der Waals surface area contributed by atoms with E-state index in [-0.39, 0.29) is 0 Å². The average molecular weight is 234 g/mol. The molecule has 0 fully saturated rings. The third kappa shape index (κ3) is 2.90. The van der Waals surface area contributed by atoms with E-state index >= 15 is 0 Å². The maximum atomic E-state index is 5.81. The predicted molar refractivity (Wildman–Crippen MR) is 65.6 cm³/mol. The Hall–Kier alpha value is -1.71. The number of nitrogen functional groups attached to an aromatic ring is 1. The molecule has 0 bridgehead atoms. The van der Waals surface area contributed by atoms with Crippen LogP contribution in [0.1, 0.15) is 30.9 Å². The Morgan fingerprint density at radius 1 is 1.35 bits per heavy atom. The second-order valence-electron chi connectivity index (χ2n) is 4.65.